The Kier molecular flexibility index (Phi) is 5.78. The Morgan fingerprint density at radius 3 is 2.52 bits per heavy atom. The van der Waals surface area contributed by atoms with Gasteiger partial charge in [0.15, 0.2) is 0 Å². The molecule has 0 aliphatic carbocycles. The molecule has 150 valence electrons. The van der Waals surface area contributed by atoms with Gasteiger partial charge in [0.05, 0.1) is 18.2 Å². The number of halogens is 2. The summed E-state index contributed by atoms with van der Waals surface area (Å²) in [5.74, 6) is -0.310. The van der Waals surface area contributed by atoms with Crippen molar-refractivity contribution in [2.24, 2.45) is 0 Å². The van der Waals surface area contributed by atoms with E-state index < -0.39 is 18.2 Å². The van der Waals surface area contributed by atoms with Crippen LogP contribution in [0.1, 0.15) is 30.0 Å². The van der Waals surface area contributed by atoms with Crippen LogP contribution in [-0.2, 0) is 17.8 Å². The van der Waals surface area contributed by atoms with Crippen molar-refractivity contribution < 1.29 is 23.1 Å². The van der Waals surface area contributed by atoms with Gasteiger partial charge in [0, 0.05) is 0 Å². The highest BCUT2D eigenvalue weighted by molar-refractivity contribution is 6.06. The minimum Gasteiger partial charge on any atom is -0.435 e. The van der Waals surface area contributed by atoms with E-state index in [0.29, 0.717) is 24.0 Å². The normalized spacial score (nSPS) is 18.7. The lowest BCUT2D eigenvalue weighted by molar-refractivity contribution is -0.131. The van der Waals surface area contributed by atoms with Crippen LogP contribution in [0.5, 0.6) is 5.75 Å². The van der Waals surface area contributed by atoms with E-state index in [0.717, 1.165) is 10.5 Å². The largest absolute Gasteiger partial charge is 0.435 e. The molecule has 0 saturated carbocycles. The summed E-state index contributed by atoms with van der Waals surface area (Å²) in [4.78, 5) is 26.4. The zero-order valence-electron chi connectivity index (χ0n) is 15.7. The molecule has 6 nitrogen and oxygen atoms in total. The Morgan fingerprint density at radius 1 is 1.17 bits per heavy atom. The van der Waals surface area contributed by atoms with Gasteiger partial charge in [0.25, 0.3) is 5.91 Å². The van der Waals surface area contributed by atoms with Crippen LogP contribution in [0.2, 0.25) is 0 Å². The molecule has 1 N–H and O–H groups in total. The van der Waals surface area contributed by atoms with E-state index in [4.69, 9.17) is 0 Å². The summed E-state index contributed by atoms with van der Waals surface area (Å²) < 4.78 is 28.8. The number of hydrogen-bond donors (Lipinski definition) is 1. The van der Waals surface area contributed by atoms with E-state index in [9.17, 15) is 23.6 Å². The number of ether oxygens (including phenoxy) is 1. The number of nitrogens with one attached hydrogen (secondary N) is 1. The smallest absolute Gasteiger partial charge is 0.387 e. The molecular weight excluding hydrogens is 380 g/mol. The minimum atomic E-state index is -2.89. The molecule has 1 fully saturated rings. The monoisotopic (exact) mass is 399 g/mol. The SMILES string of the molecule is C[C@]1(CCc2ccc(OC(F)F)cc2)NC(=O)N(Cc2ccccc2C#N)C1=O. The van der Waals surface area contributed by atoms with Crippen molar-refractivity contribution in [3.8, 4) is 11.8 Å². The van der Waals surface area contributed by atoms with E-state index in [-0.39, 0.29) is 18.2 Å². The second-order valence-corrected chi connectivity index (χ2v) is 6.94. The lowest BCUT2D eigenvalue weighted by atomic mass is 9.93. The van der Waals surface area contributed by atoms with Crippen molar-refractivity contribution in [1.29, 1.82) is 5.26 Å². The molecule has 1 heterocycles. The van der Waals surface area contributed by atoms with Crippen molar-refractivity contribution >= 4 is 11.9 Å². The van der Waals surface area contributed by atoms with Gasteiger partial charge in [-0.2, -0.15) is 14.0 Å². The number of carbonyl (C=O) groups excluding carboxylic acids is 2. The molecule has 0 bridgehead atoms. The Balaban J connectivity index is 1.67. The third-order valence-electron chi connectivity index (χ3n) is 4.87. The van der Waals surface area contributed by atoms with Crippen molar-refractivity contribution in [3.63, 3.8) is 0 Å². The summed E-state index contributed by atoms with van der Waals surface area (Å²) >= 11 is 0. The summed E-state index contributed by atoms with van der Waals surface area (Å²) in [6.07, 6.45) is 0.795. The average Bonchev–Trinajstić information content (AvgIpc) is 2.91. The second-order valence-electron chi connectivity index (χ2n) is 6.94. The minimum absolute atomic E-state index is 0.0175. The number of aryl methyl sites for hydroxylation is 1. The van der Waals surface area contributed by atoms with Crippen LogP contribution in [0.4, 0.5) is 13.6 Å². The molecular formula is C21H19F2N3O3. The molecule has 2 aromatic rings. The Labute approximate surface area is 166 Å². The van der Waals surface area contributed by atoms with Gasteiger partial charge in [-0.1, -0.05) is 30.3 Å². The number of benzene rings is 2. The quantitative estimate of drug-likeness (QED) is 0.721. The van der Waals surface area contributed by atoms with Crippen LogP contribution in [0, 0.1) is 11.3 Å². The molecule has 1 aliphatic rings. The fourth-order valence-corrected chi connectivity index (χ4v) is 3.23. The Bertz CT molecular complexity index is 956. The fraction of sp³-hybridized carbons (Fsp3) is 0.286. The predicted octanol–water partition coefficient (Wildman–Crippen LogP) is 3.60. The topological polar surface area (TPSA) is 82.4 Å². The number of amides is 3. The molecule has 3 amide bonds. The zero-order chi connectivity index (χ0) is 21.0. The van der Waals surface area contributed by atoms with Crippen molar-refractivity contribution in [2.45, 2.75) is 38.5 Å². The first-order chi connectivity index (χ1) is 13.8. The van der Waals surface area contributed by atoms with E-state index in [1.54, 1.807) is 43.3 Å². The van der Waals surface area contributed by atoms with Gasteiger partial charge in [-0.3, -0.25) is 9.69 Å². The molecule has 2 aromatic carbocycles. The van der Waals surface area contributed by atoms with Crippen LogP contribution in [0.3, 0.4) is 0 Å². The Morgan fingerprint density at radius 2 is 1.86 bits per heavy atom. The molecule has 0 unspecified atom stereocenters. The van der Waals surface area contributed by atoms with E-state index in [1.807, 2.05) is 0 Å². The molecule has 0 aromatic heterocycles. The number of urea groups is 1. The van der Waals surface area contributed by atoms with E-state index in [2.05, 4.69) is 16.1 Å². The highest BCUT2D eigenvalue weighted by atomic mass is 19.3. The van der Waals surface area contributed by atoms with E-state index in [1.165, 1.54) is 12.1 Å². The van der Waals surface area contributed by atoms with Gasteiger partial charge >= 0.3 is 12.6 Å². The first kappa shape index (κ1) is 20.3. The second kappa shape index (κ2) is 8.27. The van der Waals surface area contributed by atoms with Crippen LogP contribution in [0.15, 0.2) is 48.5 Å². The maximum atomic E-state index is 12.9. The van der Waals surface area contributed by atoms with E-state index >= 15 is 0 Å². The molecule has 1 aliphatic heterocycles. The van der Waals surface area contributed by atoms with Gasteiger partial charge < -0.3 is 10.1 Å². The van der Waals surface area contributed by atoms with Gasteiger partial charge in [-0.05, 0) is 49.1 Å². The summed E-state index contributed by atoms with van der Waals surface area (Å²) in [7, 11) is 0. The number of nitriles is 1. The van der Waals surface area contributed by atoms with Crippen LogP contribution in [-0.4, -0.2) is 29.0 Å². The lowest BCUT2D eigenvalue weighted by Crippen LogP contribution is -2.44. The highest BCUT2D eigenvalue weighted by Gasteiger charge is 2.47. The van der Waals surface area contributed by atoms with Gasteiger partial charge in [-0.15, -0.1) is 0 Å². The summed E-state index contributed by atoms with van der Waals surface area (Å²) in [5, 5.41) is 11.9. The fourth-order valence-electron chi connectivity index (χ4n) is 3.23. The van der Waals surface area contributed by atoms with Crippen molar-refractivity contribution in [3.05, 3.63) is 65.2 Å². The van der Waals surface area contributed by atoms with Crippen molar-refractivity contribution in [1.82, 2.24) is 10.2 Å². The summed E-state index contributed by atoms with van der Waals surface area (Å²) in [5.41, 5.74) is 0.741. The molecule has 29 heavy (non-hydrogen) atoms. The maximum Gasteiger partial charge on any atom is 0.387 e. The number of hydrogen-bond acceptors (Lipinski definition) is 4. The molecule has 1 atom stereocenters. The first-order valence-corrected chi connectivity index (χ1v) is 8.98. The Hall–Kier alpha value is -3.47. The molecule has 1 saturated heterocycles. The third-order valence-corrected chi connectivity index (χ3v) is 4.87. The molecule has 8 heteroatoms. The lowest BCUT2D eigenvalue weighted by Gasteiger charge is -2.22. The average molecular weight is 399 g/mol. The number of imide groups is 1. The maximum absolute atomic E-state index is 12.9. The summed E-state index contributed by atoms with van der Waals surface area (Å²) in [6.45, 7) is -1.22. The van der Waals surface area contributed by atoms with Crippen molar-refractivity contribution in [2.75, 3.05) is 0 Å². The van der Waals surface area contributed by atoms with Gasteiger partial charge in [0.2, 0.25) is 0 Å². The molecule has 0 spiro atoms. The number of rotatable bonds is 7. The third kappa shape index (κ3) is 4.51. The van der Waals surface area contributed by atoms with Gasteiger partial charge in [0.1, 0.15) is 11.3 Å². The summed E-state index contributed by atoms with van der Waals surface area (Å²) in [6, 6.07) is 14.5. The van der Waals surface area contributed by atoms with Gasteiger partial charge in [-0.25, -0.2) is 4.79 Å². The van der Waals surface area contributed by atoms with Crippen LogP contribution in [0.25, 0.3) is 0 Å². The van der Waals surface area contributed by atoms with Crippen LogP contribution >= 0.6 is 0 Å². The highest BCUT2D eigenvalue weighted by Crippen LogP contribution is 2.26. The molecule has 0 radical (unpaired) electrons. The number of alkyl halides is 2. The molecule has 3 rings (SSSR count). The number of carbonyl (C=O) groups is 2. The first-order valence-electron chi connectivity index (χ1n) is 8.98. The van der Waals surface area contributed by atoms with Crippen LogP contribution < -0.4 is 10.1 Å². The standard InChI is InChI=1S/C21H19F2N3O3/c1-21(11-10-14-6-8-17(9-7-14)29-19(22)23)18(27)26(20(28)25-21)13-16-5-3-2-4-15(16)12-24/h2-9,19H,10-11,13H2,1H3,(H,25,28)/t21-/m1/s1. The number of nitrogens with zero attached hydrogens (tertiary/aromatic N) is 2. The predicted molar refractivity (Wildman–Crippen MR) is 100 cm³/mol. The zero-order valence-corrected chi connectivity index (χ0v) is 15.7.